The number of hydrogen-bond acceptors (Lipinski definition) is 1. The SMILES string of the molecule is CCCCCCCCCCC(CCCCCCCC)Cc1ccsc1Br. The van der Waals surface area contributed by atoms with E-state index in [0.29, 0.717) is 0 Å². The van der Waals surface area contributed by atoms with Crippen LogP contribution in [0.2, 0.25) is 0 Å². The zero-order valence-corrected chi connectivity index (χ0v) is 19.9. The second kappa shape index (κ2) is 17.3. The molecule has 0 saturated heterocycles. The van der Waals surface area contributed by atoms with Gasteiger partial charge in [0.05, 0.1) is 3.79 Å². The van der Waals surface area contributed by atoms with E-state index in [9.17, 15) is 0 Å². The van der Waals surface area contributed by atoms with Crippen molar-refractivity contribution in [3.8, 4) is 0 Å². The molecule has 0 fully saturated rings. The molecule has 2 heteroatoms. The van der Waals surface area contributed by atoms with Crippen LogP contribution in [-0.2, 0) is 6.42 Å². The van der Waals surface area contributed by atoms with Gasteiger partial charge in [-0.05, 0) is 45.3 Å². The fourth-order valence-electron chi connectivity index (χ4n) is 3.91. The maximum absolute atomic E-state index is 3.75. The monoisotopic (exact) mass is 442 g/mol. The number of rotatable bonds is 18. The first-order valence-electron chi connectivity index (χ1n) is 11.5. The largest absolute Gasteiger partial charge is 0.137 e. The van der Waals surface area contributed by atoms with Crippen molar-refractivity contribution in [1.29, 1.82) is 0 Å². The number of unbranched alkanes of at least 4 members (excludes halogenated alkanes) is 12. The lowest BCUT2D eigenvalue weighted by molar-refractivity contribution is 0.400. The highest BCUT2D eigenvalue weighted by Crippen LogP contribution is 2.29. The van der Waals surface area contributed by atoms with Crippen LogP contribution >= 0.6 is 27.3 Å². The topological polar surface area (TPSA) is 0 Å². The van der Waals surface area contributed by atoms with Crippen LogP contribution in [0.25, 0.3) is 0 Å². The van der Waals surface area contributed by atoms with Crippen molar-refractivity contribution in [3.63, 3.8) is 0 Å². The molecule has 26 heavy (non-hydrogen) atoms. The van der Waals surface area contributed by atoms with Gasteiger partial charge in [-0.25, -0.2) is 0 Å². The van der Waals surface area contributed by atoms with E-state index >= 15 is 0 Å². The molecule has 1 heterocycles. The molecule has 0 bridgehead atoms. The molecule has 1 aromatic heterocycles. The molecule has 0 aliphatic heterocycles. The van der Waals surface area contributed by atoms with Crippen LogP contribution in [0.15, 0.2) is 15.2 Å². The summed E-state index contributed by atoms with van der Waals surface area (Å²) in [6.07, 6.45) is 24.2. The van der Waals surface area contributed by atoms with Crippen molar-refractivity contribution in [2.75, 3.05) is 0 Å². The fourth-order valence-corrected chi connectivity index (χ4v) is 5.18. The van der Waals surface area contributed by atoms with Gasteiger partial charge >= 0.3 is 0 Å². The normalized spacial score (nSPS) is 12.6. The Morgan fingerprint density at radius 1 is 0.731 bits per heavy atom. The molecule has 0 nitrogen and oxygen atoms in total. The molecular formula is C24H43BrS. The summed E-state index contributed by atoms with van der Waals surface area (Å²) >= 11 is 5.59. The minimum absolute atomic E-state index is 0.896. The Hall–Kier alpha value is 0.180. The van der Waals surface area contributed by atoms with E-state index in [4.69, 9.17) is 0 Å². The lowest BCUT2D eigenvalue weighted by Gasteiger charge is -2.17. The second-order valence-corrected chi connectivity index (χ2v) is 10.3. The van der Waals surface area contributed by atoms with Gasteiger partial charge < -0.3 is 0 Å². The average molecular weight is 444 g/mol. The van der Waals surface area contributed by atoms with Gasteiger partial charge in [0.2, 0.25) is 0 Å². The molecule has 0 amide bonds. The van der Waals surface area contributed by atoms with Gasteiger partial charge in [-0.1, -0.05) is 117 Å². The van der Waals surface area contributed by atoms with Crippen LogP contribution in [0.5, 0.6) is 0 Å². The highest BCUT2D eigenvalue weighted by Gasteiger charge is 2.12. The maximum Gasteiger partial charge on any atom is 0.0730 e. The van der Waals surface area contributed by atoms with Gasteiger partial charge in [-0.2, -0.15) is 0 Å². The zero-order chi connectivity index (χ0) is 18.9. The van der Waals surface area contributed by atoms with Crippen LogP contribution in [-0.4, -0.2) is 0 Å². The number of hydrogen-bond donors (Lipinski definition) is 0. The van der Waals surface area contributed by atoms with Crippen LogP contribution in [0.3, 0.4) is 0 Å². The molecule has 1 aromatic rings. The van der Waals surface area contributed by atoms with E-state index in [1.807, 2.05) is 11.3 Å². The smallest absolute Gasteiger partial charge is 0.0730 e. The molecule has 0 aromatic carbocycles. The van der Waals surface area contributed by atoms with Crippen molar-refractivity contribution >= 4 is 27.3 Å². The van der Waals surface area contributed by atoms with Crippen LogP contribution < -0.4 is 0 Å². The van der Waals surface area contributed by atoms with E-state index < -0.39 is 0 Å². The quantitative estimate of drug-likeness (QED) is 0.198. The molecule has 0 aliphatic carbocycles. The Balaban J connectivity index is 2.21. The molecule has 152 valence electrons. The van der Waals surface area contributed by atoms with E-state index in [1.54, 1.807) is 5.56 Å². The van der Waals surface area contributed by atoms with Gasteiger partial charge in [-0.3, -0.25) is 0 Å². The first kappa shape index (κ1) is 24.2. The lowest BCUT2D eigenvalue weighted by atomic mass is 9.89. The Labute approximate surface area is 176 Å². The predicted octanol–water partition coefficient (Wildman–Crippen LogP) is 9.95. The third kappa shape index (κ3) is 12.5. The van der Waals surface area contributed by atoms with Crippen LogP contribution in [0, 0.1) is 5.92 Å². The van der Waals surface area contributed by atoms with Gasteiger partial charge in [-0.15, -0.1) is 11.3 Å². The minimum atomic E-state index is 0.896. The van der Waals surface area contributed by atoms with E-state index in [-0.39, 0.29) is 0 Å². The summed E-state index contributed by atoms with van der Waals surface area (Å²) in [6.45, 7) is 4.61. The summed E-state index contributed by atoms with van der Waals surface area (Å²) in [5.41, 5.74) is 1.55. The standard InChI is InChI=1S/C24H43BrS/c1-3-5-7-9-11-12-14-16-18-22(17-15-13-10-8-6-4-2)21-23-19-20-26-24(23)25/h19-20,22H,3-18,21H2,1-2H3. The van der Waals surface area contributed by atoms with Crippen molar-refractivity contribution in [2.45, 2.75) is 123 Å². The van der Waals surface area contributed by atoms with Crippen molar-refractivity contribution in [2.24, 2.45) is 5.92 Å². The first-order chi connectivity index (χ1) is 12.8. The van der Waals surface area contributed by atoms with E-state index in [0.717, 1.165) is 5.92 Å². The summed E-state index contributed by atoms with van der Waals surface area (Å²) in [5.74, 6) is 0.896. The molecule has 0 N–H and O–H groups in total. The average Bonchev–Trinajstić information content (AvgIpc) is 3.04. The van der Waals surface area contributed by atoms with Gasteiger partial charge in [0.1, 0.15) is 0 Å². The molecule has 0 radical (unpaired) electrons. The highest BCUT2D eigenvalue weighted by molar-refractivity contribution is 9.11. The first-order valence-corrected chi connectivity index (χ1v) is 13.2. The van der Waals surface area contributed by atoms with Crippen LogP contribution in [0.1, 0.15) is 122 Å². The van der Waals surface area contributed by atoms with Gasteiger partial charge in [0.25, 0.3) is 0 Å². The molecule has 1 unspecified atom stereocenters. The Morgan fingerprint density at radius 2 is 1.19 bits per heavy atom. The van der Waals surface area contributed by atoms with Crippen molar-refractivity contribution in [3.05, 3.63) is 20.8 Å². The highest BCUT2D eigenvalue weighted by atomic mass is 79.9. The van der Waals surface area contributed by atoms with Gasteiger partial charge in [0, 0.05) is 0 Å². The molecule has 0 saturated carbocycles. The summed E-state index contributed by atoms with van der Waals surface area (Å²) in [5, 5.41) is 2.23. The Bertz CT molecular complexity index is 412. The summed E-state index contributed by atoms with van der Waals surface area (Å²) < 4.78 is 1.36. The maximum atomic E-state index is 3.75. The summed E-state index contributed by atoms with van der Waals surface area (Å²) in [6, 6.07) is 2.33. The third-order valence-corrected chi connectivity index (χ3v) is 7.44. The summed E-state index contributed by atoms with van der Waals surface area (Å²) in [7, 11) is 0. The zero-order valence-electron chi connectivity index (χ0n) is 17.5. The third-order valence-electron chi connectivity index (χ3n) is 5.63. The lowest BCUT2D eigenvalue weighted by Crippen LogP contribution is -2.05. The van der Waals surface area contributed by atoms with Crippen molar-refractivity contribution in [1.82, 2.24) is 0 Å². The minimum Gasteiger partial charge on any atom is -0.137 e. The number of thiophene rings is 1. The Morgan fingerprint density at radius 3 is 1.62 bits per heavy atom. The second-order valence-electron chi connectivity index (χ2n) is 8.11. The predicted molar refractivity (Wildman–Crippen MR) is 124 cm³/mol. The molecular weight excluding hydrogens is 400 g/mol. The van der Waals surface area contributed by atoms with Crippen molar-refractivity contribution < 1.29 is 0 Å². The van der Waals surface area contributed by atoms with Gasteiger partial charge in [0.15, 0.2) is 0 Å². The molecule has 1 rings (SSSR count). The fraction of sp³-hybridized carbons (Fsp3) is 0.833. The summed E-state index contributed by atoms with van der Waals surface area (Å²) in [4.78, 5) is 0. The molecule has 1 atom stereocenters. The van der Waals surface area contributed by atoms with E-state index in [2.05, 4.69) is 41.2 Å². The van der Waals surface area contributed by atoms with Crippen LogP contribution in [0.4, 0.5) is 0 Å². The number of halogens is 1. The van der Waals surface area contributed by atoms with E-state index in [1.165, 1.54) is 113 Å². The molecule has 0 aliphatic rings. The molecule has 0 spiro atoms. The Kier molecular flexibility index (Phi) is 16.1.